The van der Waals surface area contributed by atoms with Crippen molar-refractivity contribution in [1.82, 2.24) is 10.2 Å². The fourth-order valence-corrected chi connectivity index (χ4v) is 4.86. The van der Waals surface area contributed by atoms with Gasteiger partial charge in [-0.1, -0.05) is 25.0 Å². The Morgan fingerprint density at radius 2 is 1.59 bits per heavy atom. The van der Waals surface area contributed by atoms with E-state index < -0.39 is 5.91 Å². The summed E-state index contributed by atoms with van der Waals surface area (Å²) in [5, 5.41) is 3.24. The van der Waals surface area contributed by atoms with E-state index in [0.717, 1.165) is 50.3 Å². The highest BCUT2D eigenvalue weighted by molar-refractivity contribution is 5.93. The van der Waals surface area contributed by atoms with Crippen molar-refractivity contribution in [1.29, 1.82) is 0 Å². The number of hydrogen-bond acceptors (Lipinski definition) is 4. The van der Waals surface area contributed by atoms with Crippen molar-refractivity contribution >= 4 is 17.5 Å². The van der Waals surface area contributed by atoms with Gasteiger partial charge in [-0.2, -0.15) is 0 Å². The van der Waals surface area contributed by atoms with Crippen molar-refractivity contribution in [3.8, 4) is 0 Å². The SMILES string of the molecule is NC(=O)c1ccc(N2CCN(CC(=O)NC(c3ccc(F)cc3)C3CCCC3)CC2)cc1. The molecule has 7 heteroatoms. The molecule has 1 aliphatic heterocycles. The van der Waals surface area contributed by atoms with Gasteiger partial charge in [0.05, 0.1) is 12.6 Å². The molecule has 2 aliphatic rings. The highest BCUT2D eigenvalue weighted by Gasteiger charge is 2.28. The van der Waals surface area contributed by atoms with Gasteiger partial charge in [-0.15, -0.1) is 0 Å². The van der Waals surface area contributed by atoms with E-state index in [2.05, 4.69) is 15.1 Å². The van der Waals surface area contributed by atoms with E-state index in [1.807, 2.05) is 12.1 Å². The monoisotopic (exact) mass is 438 g/mol. The molecule has 0 bridgehead atoms. The second-order valence-corrected chi connectivity index (χ2v) is 8.82. The molecule has 2 fully saturated rings. The average molecular weight is 439 g/mol. The maximum Gasteiger partial charge on any atom is 0.248 e. The lowest BCUT2D eigenvalue weighted by molar-refractivity contribution is -0.123. The fourth-order valence-electron chi connectivity index (χ4n) is 4.86. The van der Waals surface area contributed by atoms with Crippen LogP contribution in [0.4, 0.5) is 10.1 Å². The van der Waals surface area contributed by atoms with Gasteiger partial charge in [0.2, 0.25) is 11.8 Å². The molecular weight excluding hydrogens is 407 g/mol. The van der Waals surface area contributed by atoms with E-state index in [1.165, 1.54) is 25.0 Å². The summed E-state index contributed by atoms with van der Waals surface area (Å²) in [5.41, 5.74) is 7.85. The van der Waals surface area contributed by atoms with Gasteiger partial charge in [-0.05, 0) is 60.7 Å². The minimum Gasteiger partial charge on any atom is -0.369 e. The predicted molar refractivity (Wildman–Crippen MR) is 123 cm³/mol. The Bertz CT molecular complexity index is 918. The Balaban J connectivity index is 1.31. The van der Waals surface area contributed by atoms with Crippen LogP contribution < -0.4 is 16.0 Å². The second kappa shape index (κ2) is 10.1. The van der Waals surface area contributed by atoms with Crippen LogP contribution in [0.15, 0.2) is 48.5 Å². The lowest BCUT2D eigenvalue weighted by atomic mass is 9.91. The van der Waals surface area contributed by atoms with Crippen LogP contribution in [-0.2, 0) is 4.79 Å². The molecule has 2 amide bonds. The maximum absolute atomic E-state index is 13.4. The van der Waals surface area contributed by atoms with E-state index in [9.17, 15) is 14.0 Å². The summed E-state index contributed by atoms with van der Waals surface area (Å²) in [6, 6.07) is 13.8. The van der Waals surface area contributed by atoms with E-state index in [1.54, 1.807) is 24.3 Å². The highest BCUT2D eigenvalue weighted by Crippen LogP contribution is 2.35. The molecule has 0 radical (unpaired) electrons. The Morgan fingerprint density at radius 3 is 2.19 bits per heavy atom. The van der Waals surface area contributed by atoms with Gasteiger partial charge in [0.15, 0.2) is 0 Å². The van der Waals surface area contributed by atoms with E-state index in [4.69, 9.17) is 5.73 Å². The largest absolute Gasteiger partial charge is 0.369 e. The summed E-state index contributed by atoms with van der Waals surface area (Å²) < 4.78 is 13.4. The summed E-state index contributed by atoms with van der Waals surface area (Å²) in [6.07, 6.45) is 4.55. The number of rotatable bonds is 7. The quantitative estimate of drug-likeness (QED) is 0.696. The van der Waals surface area contributed by atoms with Crippen molar-refractivity contribution in [2.45, 2.75) is 31.7 Å². The third-order valence-corrected chi connectivity index (χ3v) is 6.67. The fraction of sp³-hybridized carbons (Fsp3) is 0.440. The summed E-state index contributed by atoms with van der Waals surface area (Å²) in [5.74, 6) is -0.258. The van der Waals surface area contributed by atoms with E-state index in [-0.39, 0.29) is 17.8 Å². The average Bonchev–Trinajstić information content (AvgIpc) is 3.33. The van der Waals surface area contributed by atoms with Crippen LogP contribution in [0.2, 0.25) is 0 Å². The van der Waals surface area contributed by atoms with Gasteiger partial charge in [-0.25, -0.2) is 4.39 Å². The summed E-state index contributed by atoms with van der Waals surface area (Å²) >= 11 is 0. The van der Waals surface area contributed by atoms with Crippen LogP contribution in [0.3, 0.4) is 0 Å². The normalized spacial score (nSPS) is 18.5. The third-order valence-electron chi connectivity index (χ3n) is 6.67. The molecule has 170 valence electrons. The molecule has 1 saturated heterocycles. The molecule has 6 nitrogen and oxygen atoms in total. The summed E-state index contributed by atoms with van der Waals surface area (Å²) in [6.45, 7) is 3.56. The van der Waals surface area contributed by atoms with Crippen molar-refractivity contribution < 1.29 is 14.0 Å². The second-order valence-electron chi connectivity index (χ2n) is 8.82. The number of halogens is 1. The number of hydrogen-bond donors (Lipinski definition) is 2. The standard InChI is InChI=1S/C25H31FN4O2/c26-21-9-5-19(6-10-21)24(18-3-1-2-4-18)28-23(31)17-29-13-15-30(16-14-29)22-11-7-20(8-12-22)25(27)32/h5-12,18,24H,1-4,13-17H2,(H2,27,32)(H,28,31). The Labute approximate surface area is 188 Å². The number of nitrogens with zero attached hydrogens (tertiary/aromatic N) is 2. The molecule has 1 heterocycles. The first-order chi connectivity index (χ1) is 15.5. The highest BCUT2D eigenvalue weighted by atomic mass is 19.1. The van der Waals surface area contributed by atoms with Crippen LogP contribution in [0, 0.1) is 11.7 Å². The minimum atomic E-state index is -0.427. The van der Waals surface area contributed by atoms with Gasteiger partial charge in [0.1, 0.15) is 5.82 Å². The van der Waals surface area contributed by atoms with Crippen LogP contribution in [-0.4, -0.2) is 49.4 Å². The van der Waals surface area contributed by atoms with Crippen LogP contribution in [0.5, 0.6) is 0 Å². The zero-order valence-corrected chi connectivity index (χ0v) is 18.3. The molecule has 4 rings (SSSR count). The molecule has 1 aliphatic carbocycles. The van der Waals surface area contributed by atoms with Crippen molar-refractivity contribution in [3.63, 3.8) is 0 Å². The molecule has 32 heavy (non-hydrogen) atoms. The minimum absolute atomic E-state index is 0.0190. The Kier molecular flexibility index (Phi) is 7.05. The van der Waals surface area contributed by atoms with Gasteiger partial charge in [0, 0.05) is 37.4 Å². The van der Waals surface area contributed by atoms with Gasteiger partial charge >= 0.3 is 0 Å². The number of amides is 2. The van der Waals surface area contributed by atoms with Crippen LogP contribution in [0.25, 0.3) is 0 Å². The Hall–Kier alpha value is -2.93. The first-order valence-electron chi connectivity index (χ1n) is 11.4. The van der Waals surface area contributed by atoms with Crippen LogP contribution >= 0.6 is 0 Å². The van der Waals surface area contributed by atoms with Crippen molar-refractivity contribution in [2.75, 3.05) is 37.6 Å². The van der Waals surface area contributed by atoms with Crippen molar-refractivity contribution in [3.05, 3.63) is 65.5 Å². The number of nitrogens with one attached hydrogen (secondary N) is 1. The van der Waals surface area contributed by atoms with Crippen LogP contribution in [0.1, 0.15) is 47.6 Å². The number of benzene rings is 2. The molecule has 0 aromatic heterocycles. The molecular formula is C25H31FN4O2. The van der Waals surface area contributed by atoms with E-state index >= 15 is 0 Å². The zero-order valence-electron chi connectivity index (χ0n) is 18.3. The molecule has 3 N–H and O–H groups in total. The molecule has 1 unspecified atom stereocenters. The molecule has 1 atom stereocenters. The number of primary amides is 1. The number of anilines is 1. The van der Waals surface area contributed by atoms with E-state index in [0.29, 0.717) is 18.0 Å². The Morgan fingerprint density at radius 1 is 0.969 bits per heavy atom. The molecule has 2 aromatic carbocycles. The first-order valence-corrected chi connectivity index (χ1v) is 11.4. The predicted octanol–water partition coefficient (Wildman–Crippen LogP) is 3.09. The number of carbonyl (C=O) groups is 2. The lowest BCUT2D eigenvalue weighted by Crippen LogP contribution is -2.50. The molecule has 2 aromatic rings. The smallest absolute Gasteiger partial charge is 0.248 e. The van der Waals surface area contributed by atoms with Crippen molar-refractivity contribution in [2.24, 2.45) is 11.7 Å². The van der Waals surface area contributed by atoms with Gasteiger partial charge in [-0.3, -0.25) is 14.5 Å². The number of nitrogens with two attached hydrogens (primary N) is 1. The molecule has 1 saturated carbocycles. The van der Waals surface area contributed by atoms with Gasteiger partial charge < -0.3 is 16.0 Å². The number of carbonyl (C=O) groups excluding carboxylic acids is 2. The zero-order chi connectivity index (χ0) is 22.5. The topological polar surface area (TPSA) is 78.7 Å². The van der Waals surface area contributed by atoms with Gasteiger partial charge in [0.25, 0.3) is 0 Å². The molecule has 0 spiro atoms. The number of piperazine rings is 1. The lowest BCUT2D eigenvalue weighted by Gasteiger charge is -2.36. The maximum atomic E-state index is 13.4. The summed E-state index contributed by atoms with van der Waals surface area (Å²) in [4.78, 5) is 28.6. The third kappa shape index (κ3) is 5.46. The summed E-state index contributed by atoms with van der Waals surface area (Å²) in [7, 11) is 0. The first kappa shape index (κ1) is 22.3.